The van der Waals surface area contributed by atoms with Crippen molar-refractivity contribution in [1.82, 2.24) is 29.2 Å². The van der Waals surface area contributed by atoms with Gasteiger partial charge in [-0.1, -0.05) is 26.0 Å². The summed E-state index contributed by atoms with van der Waals surface area (Å²) in [4.78, 5) is 19.2. The normalized spacial score (nSPS) is 24.3. The van der Waals surface area contributed by atoms with Crippen LogP contribution in [0.4, 0.5) is 8.78 Å². The number of benzene rings is 1. The number of hydrogen-bond donors (Lipinski definition) is 1. The van der Waals surface area contributed by atoms with Gasteiger partial charge in [0.05, 0.1) is 5.41 Å². The Morgan fingerprint density at radius 2 is 2.00 bits per heavy atom. The van der Waals surface area contributed by atoms with Crippen LogP contribution in [0, 0.1) is 11.8 Å². The van der Waals surface area contributed by atoms with Crippen molar-refractivity contribution in [2.24, 2.45) is 18.9 Å². The molecule has 2 fully saturated rings. The molecule has 1 aliphatic carbocycles. The number of rotatable bonds is 6. The molecule has 0 bridgehead atoms. The van der Waals surface area contributed by atoms with Crippen LogP contribution >= 0.6 is 0 Å². The molecule has 1 atom stereocenters. The zero-order valence-electron chi connectivity index (χ0n) is 22.1. The topological polar surface area (TPSA) is 71.7 Å². The molecule has 200 valence electrons. The third-order valence-electron chi connectivity index (χ3n) is 8.47. The van der Waals surface area contributed by atoms with Gasteiger partial charge in [0.2, 0.25) is 0 Å². The molecule has 2 aliphatic rings. The molecule has 7 nitrogen and oxygen atoms in total. The molecule has 0 unspecified atom stereocenters. The fraction of sp³-hybridized carbons (Fsp3) is 0.483. The lowest BCUT2D eigenvalue weighted by Crippen LogP contribution is -2.43. The summed E-state index contributed by atoms with van der Waals surface area (Å²) in [6.45, 7) is 7.01. The van der Waals surface area contributed by atoms with Crippen LogP contribution < -0.4 is 5.56 Å². The summed E-state index contributed by atoms with van der Waals surface area (Å²) in [6.07, 6.45) is 4.46. The van der Waals surface area contributed by atoms with E-state index in [0.717, 1.165) is 49.4 Å². The Hall–Kier alpha value is -3.33. The number of alkyl halides is 2. The van der Waals surface area contributed by atoms with Gasteiger partial charge in [0.25, 0.3) is 12.0 Å². The Labute approximate surface area is 220 Å². The van der Waals surface area contributed by atoms with E-state index in [0.29, 0.717) is 29.5 Å². The van der Waals surface area contributed by atoms with Crippen molar-refractivity contribution in [3.63, 3.8) is 0 Å². The summed E-state index contributed by atoms with van der Waals surface area (Å²) in [7, 11) is 1.94. The highest BCUT2D eigenvalue weighted by Gasteiger charge is 2.48. The van der Waals surface area contributed by atoms with Gasteiger partial charge in [0, 0.05) is 48.7 Å². The molecule has 0 radical (unpaired) electrons. The van der Waals surface area contributed by atoms with Crippen LogP contribution in [0.25, 0.3) is 16.6 Å². The first-order chi connectivity index (χ1) is 18.2. The molecule has 4 aromatic rings. The van der Waals surface area contributed by atoms with E-state index >= 15 is 0 Å². The average Bonchev–Trinajstić information content (AvgIpc) is 3.48. The van der Waals surface area contributed by atoms with Gasteiger partial charge in [-0.15, -0.1) is 10.2 Å². The van der Waals surface area contributed by atoms with Gasteiger partial charge in [-0.05, 0) is 67.8 Å². The summed E-state index contributed by atoms with van der Waals surface area (Å²) in [6, 6.07) is 9.41. The van der Waals surface area contributed by atoms with Gasteiger partial charge in [-0.25, -0.2) is 8.78 Å². The number of H-pyrrole nitrogens is 1. The average molecular weight is 521 g/mol. The summed E-state index contributed by atoms with van der Waals surface area (Å²) in [5.74, 6) is 2.02. The van der Waals surface area contributed by atoms with E-state index in [1.54, 1.807) is 18.5 Å². The molecule has 0 spiro atoms. The van der Waals surface area contributed by atoms with Crippen LogP contribution in [0.3, 0.4) is 0 Å². The number of halogens is 2. The zero-order valence-corrected chi connectivity index (χ0v) is 22.1. The SMILES string of the molecule is CC1CC(c2cccc(-n3cc(C(F)F)c4cc(CN5CCC[C@H](C)C5)[nH]c4c3=O)c2)(c2nncn2C)C1. The third-order valence-corrected chi connectivity index (χ3v) is 8.47. The molecule has 4 heterocycles. The summed E-state index contributed by atoms with van der Waals surface area (Å²) in [5.41, 5.74) is 1.83. The van der Waals surface area contributed by atoms with Crippen LogP contribution in [-0.4, -0.2) is 42.3 Å². The van der Waals surface area contributed by atoms with Gasteiger partial charge in [0.1, 0.15) is 17.7 Å². The van der Waals surface area contributed by atoms with Crippen LogP contribution in [-0.2, 0) is 19.0 Å². The minimum Gasteiger partial charge on any atom is -0.353 e. The molecule has 38 heavy (non-hydrogen) atoms. The number of likely N-dealkylation sites (tertiary alicyclic amines) is 1. The monoisotopic (exact) mass is 520 g/mol. The second kappa shape index (κ2) is 9.45. The van der Waals surface area contributed by atoms with Crippen molar-refractivity contribution < 1.29 is 8.78 Å². The molecule has 1 saturated heterocycles. The summed E-state index contributed by atoms with van der Waals surface area (Å²) >= 11 is 0. The Balaban J connectivity index is 1.42. The molecular formula is C29H34F2N6O. The highest BCUT2D eigenvalue weighted by atomic mass is 19.3. The largest absolute Gasteiger partial charge is 0.353 e. The minimum atomic E-state index is -2.70. The fourth-order valence-electron chi connectivity index (χ4n) is 6.76. The molecule has 1 saturated carbocycles. The number of pyridine rings is 1. The number of aryl methyl sites for hydroxylation is 1. The van der Waals surface area contributed by atoms with Crippen molar-refractivity contribution >= 4 is 10.9 Å². The number of nitrogens with zero attached hydrogens (tertiary/aromatic N) is 5. The molecule has 1 aromatic carbocycles. The van der Waals surface area contributed by atoms with Crippen LogP contribution in [0.15, 0.2) is 47.7 Å². The third kappa shape index (κ3) is 4.17. The Morgan fingerprint density at radius 1 is 1.18 bits per heavy atom. The van der Waals surface area contributed by atoms with Crippen LogP contribution in [0.2, 0.25) is 0 Å². The number of nitrogens with one attached hydrogen (secondary N) is 1. The predicted octanol–water partition coefficient (Wildman–Crippen LogP) is 5.33. The smallest absolute Gasteiger partial charge is 0.279 e. The van der Waals surface area contributed by atoms with Gasteiger partial charge >= 0.3 is 0 Å². The maximum absolute atomic E-state index is 14.3. The number of piperidine rings is 1. The van der Waals surface area contributed by atoms with E-state index in [4.69, 9.17) is 0 Å². The maximum atomic E-state index is 14.3. The Morgan fingerprint density at radius 3 is 2.68 bits per heavy atom. The summed E-state index contributed by atoms with van der Waals surface area (Å²) in [5, 5.41) is 8.81. The minimum absolute atomic E-state index is 0.139. The van der Waals surface area contributed by atoms with Crippen LogP contribution in [0.1, 0.15) is 68.6 Å². The van der Waals surface area contributed by atoms with Gasteiger partial charge in [-0.3, -0.25) is 14.3 Å². The first-order valence-corrected chi connectivity index (χ1v) is 13.5. The lowest BCUT2D eigenvalue weighted by molar-refractivity contribution is 0.152. The second-order valence-electron chi connectivity index (χ2n) is 11.5. The fourth-order valence-corrected chi connectivity index (χ4v) is 6.76. The lowest BCUT2D eigenvalue weighted by atomic mass is 9.58. The van der Waals surface area contributed by atoms with Gasteiger partial charge in [0.15, 0.2) is 0 Å². The number of aromatic nitrogens is 5. The molecule has 1 aliphatic heterocycles. The van der Waals surface area contributed by atoms with E-state index in [9.17, 15) is 13.6 Å². The molecular weight excluding hydrogens is 486 g/mol. The Kier molecular flexibility index (Phi) is 6.21. The van der Waals surface area contributed by atoms with Crippen molar-refractivity contribution in [1.29, 1.82) is 0 Å². The van der Waals surface area contributed by atoms with E-state index in [1.165, 1.54) is 17.2 Å². The maximum Gasteiger partial charge on any atom is 0.279 e. The van der Waals surface area contributed by atoms with Crippen LogP contribution in [0.5, 0.6) is 0 Å². The molecule has 9 heteroatoms. The van der Waals surface area contributed by atoms with Gasteiger partial charge in [-0.2, -0.15) is 0 Å². The van der Waals surface area contributed by atoms with E-state index in [1.807, 2.05) is 29.8 Å². The van der Waals surface area contributed by atoms with E-state index < -0.39 is 6.43 Å². The number of fused-ring (bicyclic) bond motifs is 1. The van der Waals surface area contributed by atoms with E-state index in [2.05, 4.69) is 33.9 Å². The highest BCUT2D eigenvalue weighted by Crippen LogP contribution is 2.51. The lowest BCUT2D eigenvalue weighted by Gasteiger charge is -2.46. The highest BCUT2D eigenvalue weighted by molar-refractivity contribution is 5.83. The predicted molar refractivity (Wildman–Crippen MR) is 143 cm³/mol. The second-order valence-corrected chi connectivity index (χ2v) is 11.5. The van der Waals surface area contributed by atoms with Crippen molar-refractivity contribution in [3.05, 3.63) is 75.9 Å². The standard InChI is InChI=1S/C29H34F2N6O/c1-18-6-5-9-36(14-18)15-21-11-23-24(26(30)31)16-37(27(38)25(23)33-21)22-8-4-7-20(10-22)29(12-19(2)13-29)28-34-32-17-35(28)3/h4,7-8,10-11,16-19,26,33H,5-6,9,12-15H2,1-3H3/t18-,19?,29?/m0/s1. The molecule has 1 N–H and O–H groups in total. The summed E-state index contributed by atoms with van der Waals surface area (Å²) < 4.78 is 31.9. The molecule has 6 rings (SSSR count). The first kappa shape index (κ1) is 25.0. The zero-order chi connectivity index (χ0) is 26.6. The van der Waals surface area contributed by atoms with E-state index in [-0.39, 0.29) is 22.1 Å². The Bertz CT molecular complexity index is 1530. The number of aromatic amines is 1. The number of hydrogen-bond acceptors (Lipinski definition) is 4. The van der Waals surface area contributed by atoms with Crippen molar-refractivity contribution in [2.45, 2.75) is 57.9 Å². The van der Waals surface area contributed by atoms with Gasteiger partial charge < -0.3 is 9.55 Å². The molecule has 0 amide bonds. The first-order valence-electron chi connectivity index (χ1n) is 13.5. The van der Waals surface area contributed by atoms with Crippen molar-refractivity contribution in [3.8, 4) is 5.69 Å². The quantitative estimate of drug-likeness (QED) is 0.373. The molecule has 3 aromatic heterocycles. The van der Waals surface area contributed by atoms with Crippen molar-refractivity contribution in [2.75, 3.05) is 13.1 Å².